The van der Waals surface area contributed by atoms with Gasteiger partial charge in [-0.15, -0.1) is 6.58 Å². The molecule has 144 valence electrons. The first-order chi connectivity index (χ1) is 12.9. The van der Waals surface area contributed by atoms with Crippen molar-refractivity contribution in [3.8, 4) is 0 Å². The zero-order valence-electron chi connectivity index (χ0n) is 15.0. The number of cyclic esters (lactones) is 1. The van der Waals surface area contributed by atoms with Crippen LogP contribution in [0.25, 0.3) is 0 Å². The number of halogens is 1. The first-order valence-electron chi connectivity index (χ1n) is 8.54. The van der Waals surface area contributed by atoms with E-state index < -0.39 is 11.9 Å². The van der Waals surface area contributed by atoms with Gasteiger partial charge in [0.2, 0.25) is 5.91 Å². The fourth-order valence-electron chi connectivity index (χ4n) is 3.09. The smallest absolute Gasteiger partial charge is 0.414 e. The molecular formula is C18H21FN4O3S. The highest BCUT2D eigenvalue weighted by atomic mass is 32.1. The number of thiocarbonyl (C=S) groups is 1. The molecule has 1 aromatic rings. The largest absolute Gasteiger partial charge is 0.442 e. The number of ether oxygens (including phenoxy) is 1. The Balaban J connectivity index is 1.70. The van der Waals surface area contributed by atoms with E-state index in [1.165, 1.54) is 11.0 Å². The summed E-state index contributed by atoms with van der Waals surface area (Å²) in [6, 6.07) is 4.52. The van der Waals surface area contributed by atoms with Crippen LogP contribution in [0, 0.1) is 5.82 Å². The summed E-state index contributed by atoms with van der Waals surface area (Å²) in [7, 11) is 0. The number of anilines is 2. The maximum absolute atomic E-state index is 14.7. The van der Waals surface area contributed by atoms with E-state index in [1.54, 1.807) is 34.9 Å². The minimum atomic E-state index is -0.524. The number of hydrogen-bond acceptors (Lipinski definition) is 5. The van der Waals surface area contributed by atoms with E-state index in [9.17, 15) is 14.0 Å². The second-order valence-electron chi connectivity index (χ2n) is 6.43. The minimum absolute atomic E-state index is 0.0781. The van der Waals surface area contributed by atoms with Crippen molar-refractivity contribution >= 4 is 40.6 Å². The topological polar surface area (TPSA) is 65.1 Å². The van der Waals surface area contributed by atoms with Crippen molar-refractivity contribution in [1.82, 2.24) is 10.2 Å². The predicted molar refractivity (Wildman–Crippen MR) is 104 cm³/mol. The number of nitrogens with zero attached hydrogens (tertiary/aromatic N) is 3. The molecule has 9 heteroatoms. The predicted octanol–water partition coefficient (Wildman–Crippen LogP) is 1.88. The Labute approximate surface area is 162 Å². The summed E-state index contributed by atoms with van der Waals surface area (Å²) >= 11 is 4.95. The van der Waals surface area contributed by atoms with Gasteiger partial charge in [-0.1, -0.05) is 18.3 Å². The van der Waals surface area contributed by atoms with Crippen LogP contribution in [0.1, 0.15) is 6.92 Å². The second kappa shape index (κ2) is 7.91. The summed E-state index contributed by atoms with van der Waals surface area (Å²) in [5.41, 5.74) is 0.733. The number of amides is 2. The molecule has 27 heavy (non-hydrogen) atoms. The van der Waals surface area contributed by atoms with Gasteiger partial charge in [-0.05, 0) is 25.1 Å². The molecule has 2 aliphatic rings. The molecule has 2 heterocycles. The van der Waals surface area contributed by atoms with Gasteiger partial charge >= 0.3 is 6.09 Å². The average Bonchev–Trinajstić information content (AvgIpc) is 3.16. The second-order valence-corrected chi connectivity index (χ2v) is 7.05. The highest BCUT2D eigenvalue weighted by Gasteiger charge is 2.33. The van der Waals surface area contributed by atoms with Gasteiger partial charge in [-0.3, -0.25) is 9.69 Å². The van der Waals surface area contributed by atoms with Crippen LogP contribution in [0.3, 0.4) is 0 Å². The lowest BCUT2D eigenvalue weighted by molar-refractivity contribution is -0.126. The Hall–Kier alpha value is -2.68. The summed E-state index contributed by atoms with van der Waals surface area (Å²) in [5, 5.41) is 2.96. The summed E-state index contributed by atoms with van der Waals surface area (Å²) in [6.07, 6.45) is 0.752. The third-order valence-electron chi connectivity index (χ3n) is 4.41. The summed E-state index contributed by atoms with van der Waals surface area (Å²) in [4.78, 5) is 29.3. The molecular weight excluding hydrogens is 371 g/mol. The zero-order valence-corrected chi connectivity index (χ0v) is 15.8. The van der Waals surface area contributed by atoms with Gasteiger partial charge in [-0.25, -0.2) is 9.18 Å². The molecule has 0 aromatic heterocycles. The van der Waals surface area contributed by atoms with Crippen LogP contribution < -0.4 is 15.1 Å². The molecule has 2 saturated heterocycles. The first-order valence-corrected chi connectivity index (χ1v) is 8.95. The van der Waals surface area contributed by atoms with Gasteiger partial charge in [-0.2, -0.15) is 0 Å². The summed E-state index contributed by atoms with van der Waals surface area (Å²) in [6.45, 7) is 6.92. The van der Waals surface area contributed by atoms with Gasteiger partial charge in [0.1, 0.15) is 11.9 Å². The van der Waals surface area contributed by atoms with Crippen molar-refractivity contribution < 1.29 is 18.7 Å². The highest BCUT2D eigenvalue weighted by Crippen LogP contribution is 2.29. The number of benzene rings is 1. The van der Waals surface area contributed by atoms with E-state index in [-0.39, 0.29) is 18.6 Å². The van der Waals surface area contributed by atoms with Crippen LogP contribution in [0.4, 0.5) is 20.6 Å². The van der Waals surface area contributed by atoms with Crippen molar-refractivity contribution in [3.05, 3.63) is 36.7 Å². The molecule has 0 bridgehead atoms. The Morgan fingerprint density at radius 1 is 1.48 bits per heavy atom. The van der Waals surface area contributed by atoms with E-state index in [2.05, 4.69) is 11.9 Å². The Morgan fingerprint density at radius 2 is 2.26 bits per heavy atom. The molecule has 1 N–H and O–H groups in total. The minimum Gasteiger partial charge on any atom is -0.442 e. The van der Waals surface area contributed by atoms with Crippen LogP contribution in [-0.2, 0) is 9.53 Å². The zero-order chi connectivity index (χ0) is 19.6. The van der Waals surface area contributed by atoms with E-state index >= 15 is 0 Å². The van der Waals surface area contributed by atoms with Crippen LogP contribution in [-0.4, -0.2) is 60.8 Å². The Kier molecular flexibility index (Phi) is 5.59. The van der Waals surface area contributed by atoms with E-state index in [4.69, 9.17) is 17.0 Å². The quantitative estimate of drug-likeness (QED) is 0.589. The number of hydrogen-bond donors (Lipinski definition) is 1. The first kappa shape index (κ1) is 19.1. The molecule has 0 radical (unpaired) electrons. The third kappa shape index (κ3) is 4.19. The van der Waals surface area contributed by atoms with Crippen molar-refractivity contribution in [2.45, 2.75) is 13.0 Å². The number of carbonyl (C=O) groups is 2. The van der Waals surface area contributed by atoms with Crippen LogP contribution >= 0.6 is 12.2 Å². The van der Waals surface area contributed by atoms with Gasteiger partial charge in [0.05, 0.1) is 42.7 Å². The molecule has 0 aliphatic carbocycles. The number of nitrogens with one attached hydrogen (secondary N) is 1. The molecule has 0 unspecified atom stereocenters. The van der Waals surface area contributed by atoms with Crippen LogP contribution in [0.15, 0.2) is 30.9 Å². The summed E-state index contributed by atoms with van der Waals surface area (Å²) in [5.74, 6) is -0.574. The lowest BCUT2D eigenvalue weighted by Crippen LogP contribution is -2.32. The maximum Gasteiger partial charge on any atom is 0.414 e. The molecule has 2 aliphatic heterocycles. The van der Waals surface area contributed by atoms with Crippen molar-refractivity contribution in [1.29, 1.82) is 0 Å². The Morgan fingerprint density at radius 3 is 2.93 bits per heavy atom. The normalized spacial score (nSPS) is 19.5. The molecule has 0 saturated carbocycles. The van der Waals surface area contributed by atoms with E-state index in [0.29, 0.717) is 42.7 Å². The fourth-order valence-corrected chi connectivity index (χ4v) is 3.17. The number of rotatable bonds is 6. The maximum atomic E-state index is 14.7. The fraction of sp³-hybridized carbons (Fsp3) is 0.389. The lowest BCUT2D eigenvalue weighted by atomic mass is 10.2. The van der Waals surface area contributed by atoms with Gasteiger partial charge < -0.3 is 19.9 Å². The monoisotopic (exact) mass is 392 g/mol. The molecule has 1 atom stereocenters. The third-order valence-corrected chi connectivity index (χ3v) is 4.55. The van der Waals surface area contributed by atoms with Crippen molar-refractivity contribution in [2.75, 3.05) is 42.6 Å². The summed E-state index contributed by atoms with van der Waals surface area (Å²) < 4.78 is 19.9. The molecule has 3 rings (SSSR count). The molecule has 7 nitrogen and oxygen atoms in total. The van der Waals surface area contributed by atoms with E-state index in [1.807, 2.05) is 0 Å². The molecule has 2 fully saturated rings. The SMILES string of the molecule is C=CCN1CN(c2ccc(N3C[C@H](CNC(C)=S)OC3=O)cc2F)CC1=O. The molecule has 0 spiro atoms. The number of carbonyl (C=O) groups excluding carboxylic acids is 2. The Bertz CT molecular complexity index is 788. The van der Waals surface area contributed by atoms with Gasteiger partial charge in [0, 0.05) is 6.54 Å². The molecule has 1 aromatic carbocycles. The standard InChI is InChI=1S/C18H21FN4O3S/c1-3-6-21-11-22(10-17(21)24)16-5-4-13(7-15(16)19)23-9-14(26-18(23)25)8-20-12(2)27/h3-5,7,14H,1,6,8-11H2,2H3,(H,20,27)/t14-/m0/s1. The van der Waals surface area contributed by atoms with E-state index in [0.717, 1.165) is 0 Å². The lowest BCUT2D eigenvalue weighted by Gasteiger charge is -2.21. The average molecular weight is 392 g/mol. The highest BCUT2D eigenvalue weighted by molar-refractivity contribution is 7.80. The van der Waals surface area contributed by atoms with Crippen molar-refractivity contribution in [2.24, 2.45) is 0 Å². The van der Waals surface area contributed by atoms with Gasteiger partial charge in [0.25, 0.3) is 0 Å². The van der Waals surface area contributed by atoms with Crippen LogP contribution in [0.2, 0.25) is 0 Å². The van der Waals surface area contributed by atoms with Crippen LogP contribution in [0.5, 0.6) is 0 Å². The van der Waals surface area contributed by atoms with Crippen molar-refractivity contribution in [3.63, 3.8) is 0 Å². The van der Waals surface area contributed by atoms with Gasteiger partial charge in [0.15, 0.2) is 0 Å². The molecule has 2 amide bonds.